The number of hydrogen-bond donors (Lipinski definition) is 1. The van der Waals surface area contributed by atoms with E-state index >= 15 is 0 Å². The Bertz CT molecular complexity index is 788. The van der Waals surface area contributed by atoms with Crippen LogP contribution in [0.25, 0.3) is 0 Å². The monoisotopic (exact) mass is 378 g/mol. The second kappa shape index (κ2) is 7.39. The number of nitrogens with zero attached hydrogens (tertiary/aromatic N) is 1. The number of benzene rings is 1. The molecule has 3 unspecified atom stereocenters. The molecule has 2 heterocycles. The summed E-state index contributed by atoms with van der Waals surface area (Å²) in [6, 6.07) is 7.52. The van der Waals surface area contributed by atoms with E-state index in [1.807, 2.05) is 24.3 Å². The Morgan fingerprint density at radius 2 is 2.00 bits per heavy atom. The predicted molar refractivity (Wildman–Crippen MR) is 101 cm³/mol. The molecule has 2 saturated heterocycles. The third-order valence-corrected chi connectivity index (χ3v) is 7.29. The van der Waals surface area contributed by atoms with Gasteiger partial charge in [-0.2, -0.15) is 0 Å². The van der Waals surface area contributed by atoms with E-state index < -0.39 is 15.8 Å². The number of amides is 2. The van der Waals surface area contributed by atoms with Gasteiger partial charge in [0, 0.05) is 24.7 Å². The molecule has 2 aliphatic heterocycles. The van der Waals surface area contributed by atoms with E-state index in [1.165, 1.54) is 5.56 Å². The highest BCUT2D eigenvalue weighted by molar-refractivity contribution is 7.91. The van der Waals surface area contributed by atoms with Gasteiger partial charge in [-0.25, -0.2) is 8.42 Å². The van der Waals surface area contributed by atoms with Gasteiger partial charge in [0.1, 0.15) is 0 Å². The first-order chi connectivity index (χ1) is 12.3. The Morgan fingerprint density at radius 1 is 1.31 bits per heavy atom. The van der Waals surface area contributed by atoms with Gasteiger partial charge in [-0.15, -0.1) is 0 Å². The first kappa shape index (κ1) is 18.9. The molecule has 0 radical (unpaired) electrons. The summed E-state index contributed by atoms with van der Waals surface area (Å²) >= 11 is 0. The highest BCUT2D eigenvalue weighted by Gasteiger charge is 2.41. The molecule has 1 aromatic rings. The SMILES string of the molecule is CCC(C)c1ccc(NC(=O)C2CC(=O)N(C3CCS(=O)(=O)C3)C2)cc1. The molecule has 2 fully saturated rings. The highest BCUT2D eigenvalue weighted by Crippen LogP contribution is 2.27. The van der Waals surface area contributed by atoms with Gasteiger partial charge < -0.3 is 10.2 Å². The summed E-state index contributed by atoms with van der Waals surface area (Å²) in [6.07, 6.45) is 1.68. The average molecular weight is 378 g/mol. The summed E-state index contributed by atoms with van der Waals surface area (Å²) < 4.78 is 23.3. The lowest BCUT2D eigenvalue weighted by atomic mass is 9.98. The fourth-order valence-electron chi connectivity index (χ4n) is 3.66. The zero-order valence-electron chi connectivity index (χ0n) is 15.3. The van der Waals surface area contributed by atoms with Crippen molar-refractivity contribution < 1.29 is 18.0 Å². The van der Waals surface area contributed by atoms with Crippen molar-refractivity contribution in [1.29, 1.82) is 0 Å². The van der Waals surface area contributed by atoms with Crippen molar-refractivity contribution >= 4 is 27.3 Å². The smallest absolute Gasteiger partial charge is 0.229 e. The molecule has 0 bridgehead atoms. The molecule has 0 aromatic heterocycles. The first-order valence-electron chi connectivity index (χ1n) is 9.19. The zero-order chi connectivity index (χ0) is 18.9. The van der Waals surface area contributed by atoms with Crippen molar-refractivity contribution in [3.8, 4) is 0 Å². The maximum Gasteiger partial charge on any atom is 0.229 e. The molecule has 3 rings (SSSR count). The second-order valence-corrected chi connectivity index (χ2v) is 9.65. The van der Waals surface area contributed by atoms with Crippen LogP contribution in [-0.2, 0) is 19.4 Å². The van der Waals surface area contributed by atoms with Crippen molar-refractivity contribution in [2.24, 2.45) is 5.92 Å². The topological polar surface area (TPSA) is 83.6 Å². The van der Waals surface area contributed by atoms with Gasteiger partial charge in [0.05, 0.1) is 17.4 Å². The Morgan fingerprint density at radius 3 is 2.58 bits per heavy atom. The first-order valence-corrected chi connectivity index (χ1v) is 11.0. The summed E-state index contributed by atoms with van der Waals surface area (Å²) in [5.74, 6) is -0.119. The number of sulfone groups is 1. The van der Waals surface area contributed by atoms with Gasteiger partial charge >= 0.3 is 0 Å². The molecule has 2 aliphatic rings. The zero-order valence-corrected chi connectivity index (χ0v) is 16.1. The molecule has 0 spiro atoms. The molecule has 2 amide bonds. The highest BCUT2D eigenvalue weighted by atomic mass is 32.2. The Kier molecular flexibility index (Phi) is 5.37. The van der Waals surface area contributed by atoms with E-state index in [0.717, 1.165) is 12.1 Å². The number of likely N-dealkylation sites (tertiary alicyclic amines) is 1. The van der Waals surface area contributed by atoms with Crippen LogP contribution in [-0.4, -0.2) is 49.2 Å². The van der Waals surface area contributed by atoms with Crippen molar-refractivity contribution in [2.45, 2.75) is 45.1 Å². The minimum atomic E-state index is -3.05. The minimum Gasteiger partial charge on any atom is -0.338 e. The van der Waals surface area contributed by atoms with Gasteiger partial charge in [0.25, 0.3) is 0 Å². The van der Waals surface area contributed by atoms with Gasteiger partial charge in [-0.05, 0) is 36.5 Å². The molecular formula is C19H26N2O4S. The summed E-state index contributed by atoms with van der Waals surface area (Å²) in [4.78, 5) is 26.3. The van der Waals surface area contributed by atoms with Crippen LogP contribution in [0.2, 0.25) is 0 Å². The van der Waals surface area contributed by atoms with Gasteiger partial charge in [0.15, 0.2) is 9.84 Å². The molecular weight excluding hydrogens is 352 g/mol. The van der Waals surface area contributed by atoms with E-state index in [0.29, 0.717) is 18.9 Å². The summed E-state index contributed by atoms with van der Waals surface area (Å²) in [6.45, 7) is 4.60. The molecule has 26 heavy (non-hydrogen) atoms. The van der Waals surface area contributed by atoms with Gasteiger partial charge in [0.2, 0.25) is 11.8 Å². The van der Waals surface area contributed by atoms with Crippen LogP contribution in [0, 0.1) is 5.92 Å². The molecule has 142 valence electrons. The normalized spacial score (nSPS) is 26.1. The molecule has 1 aromatic carbocycles. The van der Waals surface area contributed by atoms with E-state index in [2.05, 4.69) is 19.2 Å². The van der Waals surface area contributed by atoms with Crippen LogP contribution in [0.1, 0.15) is 44.6 Å². The summed E-state index contributed by atoms with van der Waals surface area (Å²) in [7, 11) is -3.05. The third kappa shape index (κ3) is 4.09. The van der Waals surface area contributed by atoms with Crippen LogP contribution in [0.4, 0.5) is 5.69 Å². The fraction of sp³-hybridized carbons (Fsp3) is 0.579. The third-order valence-electron chi connectivity index (χ3n) is 5.54. The van der Waals surface area contributed by atoms with Crippen LogP contribution in [0.15, 0.2) is 24.3 Å². The van der Waals surface area contributed by atoms with E-state index in [4.69, 9.17) is 0 Å². The van der Waals surface area contributed by atoms with Crippen molar-refractivity contribution in [3.63, 3.8) is 0 Å². The Hall–Kier alpha value is -1.89. The molecule has 7 heteroatoms. The standard InChI is InChI=1S/C19H26N2O4S/c1-3-13(2)14-4-6-16(7-5-14)20-19(23)15-10-18(22)21(11-15)17-8-9-26(24,25)12-17/h4-7,13,15,17H,3,8-12H2,1-2H3,(H,20,23). The lowest BCUT2D eigenvalue weighted by Crippen LogP contribution is -2.38. The van der Waals surface area contributed by atoms with E-state index in [-0.39, 0.29) is 35.8 Å². The van der Waals surface area contributed by atoms with Crippen molar-refractivity contribution in [2.75, 3.05) is 23.4 Å². The number of carbonyl (C=O) groups excluding carboxylic acids is 2. The van der Waals surface area contributed by atoms with Crippen LogP contribution >= 0.6 is 0 Å². The minimum absolute atomic E-state index is 0.0180. The number of anilines is 1. The maximum absolute atomic E-state index is 12.5. The number of carbonyl (C=O) groups is 2. The van der Waals surface area contributed by atoms with Crippen molar-refractivity contribution in [1.82, 2.24) is 4.90 Å². The van der Waals surface area contributed by atoms with Crippen LogP contribution in [0.5, 0.6) is 0 Å². The number of nitrogens with one attached hydrogen (secondary N) is 1. The largest absolute Gasteiger partial charge is 0.338 e. The van der Waals surface area contributed by atoms with Crippen LogP contribution in [0.3, 0.4) is 0 Å². The van der Waals surface area contributed by atoms with Crippen molar-refractivity contribution in [3.05, 3.63) is 29.8 Å². The molecule has 0 aliphatic carbocycles. The summed E-state index contributed by atoms with van der Waals surface area (Å²) in [5.41, 5.74) is 1.95. The molecule has 0 saturated carbocycles. The second-order valence-electron chi connectivity index (χ2n) is 7.42. The van der Waals surface area contributed by atoms with Gasteiger partial charge in [-0.3, -0.25) is 9.59 Å². The average Bonchev–Trinajstić information content (AvgIpc) is 3.17. The van der Waals surface area contributed by atoms with Crippen LogP contribution < -0.4 is 5.32 Å². The maximum atomic E-state index is 12.5. The Labute approximate surface area is 154 Å². The number of rotatable bonds is 5. The molecule has 6 nitrogen and oxygen atoms in total. The lowest BCUT2D eigenvalue weighted by molar-refractivity contribution is -0.129. The van der Waals surface area contributed by atoms with E-state index in [9.17, 15) is 18.0 Å². The Balaban J connectivity index is 1.60. The number of hydrogen-bond acceptors (Lipinski definition) is 4. The fourth-order valence-corrected chi connectivity index (χ4v) is 5.39. The quantitative estimate of drug-likeness (QED) is 0.851. The predicted octanol–water partition coefficient (Wildman–Crippen LogP) is 2.17. The lowest BCUT2D eigenvalue weighted by Gasteiger charge is -2.23. The molecule has 3 atom stereocenters. The summed E-state index contributed by atoms with van der Waals surface area (Å²) in [5, 5.41) is 2.88. The van der Waals surface area contributed by atoms with E-state index in [1.54, 1.807) is 4.90 Å². The van der Waals surface area contributed by atoms with Gasteiger partial charge in [-0.1, -0.05) is 26.0 Å². The molecule has 1 N–H and O–H groups in total.